The Morgan fingerprint density at radius 2 is 2.00 bits per heavy atom. The molecule has 2 aliphatic carbocycles. The first kappa shape index (κ1) is 13.2. The average molecular weight is 254 g/mol. The Labute approximate surface area is 107 Å². The van der Waals surface area contributed by atoms with Crippen LogP contribution < -0.4 is 10.6 Å². The van der Waals surface area contributed by atoms with Gasteiger partial charge in [0.1, 0.15) is 5.54 Å². The fraction of sp³-hybridized carbons (Fsp3) is 0.846. The van der Waals surface area contributed by atoms with Gasteiger partial charge in [0.05, 0.1) is 0 Å². The maximum absolute atomic E-state index is 11.8. The summed E-state index contributed by atoms with van der Waals surface area (Å²) in [7, 11) is 0. The average Bonchev–Trinajstić information content (AvgIpc) is 3.13. The van der Waals surface area contributed by atoms with Crippen LogP contribution in [0.4, 0.5) is 4.79 Å². The van der Waals surface area contributed by atoms with E-state index in [-0.39, 0.29) is 11.9 Å². The molecule has 2 saturated carbocycles. The number of hydrogen-bond acceptors (Lipinski definition) is 2. The van der Waals surface area contributed by atoms with Crippen LogP contribution in [0.1, 0.15) is 45.4 Å². The zero-order valence-corrected chi connectivity index (χ0v) is 10.9. The fourth-order valence-corrected chi connectivity index (χ4v) is 2.71. The summed E-state index contributed by atoms with van der Waals surface area (Å²) >= 11 is 0. The van der Waals surface area contributed by atoms with Gasteiger partial charge in [-0.05, 0) is 37.5 Å². The van der Waals surface area contributed by atoms with Gasteiger partial charge in [-0.1, -0.05) is 19.8 Å². The lowest BCUT2D eigenvalue weighted by molar-refractivity contribution is -0.148. The first-order valence-corrected chi connectivity index (χ1v) is 6.84. The molecule has 102 valence electrons. The Bertz CT molecular complexity index is 341. The van der Waals surface area contributed by atoms with E-state index in [1.54, 1.807) is 0 Å². The lowest BCUT2D eigenvalue weighted by Gasteiger charge is -2.39. The van der Waals surface area contributed by atoms with Gasteiger partial charge in [0.25, 0.3) is 0 Å². The van der Waals surface area contributed by atoms with E-state index in [9.17, 15) is 14.7 Å². The summed E-state index contributed by atoms with van der Waals surface area (Å²) in [5, 5.41) is 14.9. The van der Waals surface area contributed by atoms with E-state index in [1.165, 1.54) is 12.8 Å². The van der Waals surface area contributed by atoms with E-state index < -0.39 is 11.5 Å². The SMILES string of the molecule is CC1CCCCC1(NC(=O)NCC1CC1)C(=O)O. The van der Waals surface area contributed by atoms with Crippen LogP contribution in [0.25, 0.3) is 0 Å². The van der Waals surface area contributed by atoms with Gasteiger partial charge < -0.3 is 15.7 Å². The van der Waals surface area contributed by atoms with Crippen LogP contribution in [0.3, 0.4) is 0 Å². The molecule has 0 aromatic carbocycles. The lowest BCUT2D eigenvalue weighted by atomic mass is 9.73. The number of urea groups is 1. The van der Waals surface area contributed by atoms with Crippen molar-refractivity contribution in [3.63, 3.8) is 0 Å². The maximum atomic E-state index is 11.8. The third-order valence-corrected chi connectivity index (χ3v) is 4.27. The minimum absolute atomic E-state index is 0.0181. The van der Waals surface area contributed by atoms with Crippen molar-refractivity contribution in [1.82, 2.24) is 10.6 Å². The topological polar surface area (TPSA) is 78.4 Å². The summed E-state index contributed by atoms with van der Waals surface area (Å²) in [6, 6.07) is -0.335. The van der Waals surface area contributed by atoms with Crippen LogP contribution in [-0.2, 0) is 4.79 Å². The zero-order valence-electron chi connectivity index (χ0n) is 10.9. The molecule has 2 aliphatic rings. The predicted molar refractivity (Wildman–Crippen MR) is 67.3 cm³/mol. The van der Waals surface area contributed by atoms with Crippen molar-refractivity contribution >= 4 is 12.0 Å². The molecule has 0 bridgehead atoms. The lowest BCUT2D eigenvalue weighted by Crippen LogP contribution is -2.62. The van der Waals surface area contributed by atoms with E-state index in [2.05, 4.69) is 10.6 Å². The van der Waals surface area contributed by atoms with E-state index in [0.29, 0.717) is 18.9 Å². The predicted octanol–water partition coefficient (Wildman–Crippen LogP) is 1.73. The second kappa shape index (κ2) is 5.16. The highest BCUT2D eigenvalue weighted by Crippen LogP contribution is 2.34. The molecule has 0 aliphatic heterocycles. The molecular formula is C13H22N2O3. The molecule has 2 fully saturated rings. The molecule has 2 rings (SSSR count). The molecule has 2 unspecified atom stereocenters. The minimum atomic E-state index is -1.08. The number of nitrogens with one attached hydrogen (secondary N) is 2. The first-order chi connectivity index (χ1) is 8.54. The molecule has 0 saturated heterocycles. The monoisotopic (exact) mass is 254 g/mol. The first-order valence-electron chi connectivity index (χ1n) is 6.84. The van der Waals surface area contributed by atoms with Gasteiger partial charge in [-0.15, -0.1) is 0 Å². The number of rotatable bonds is 4. The number of aliphatic carboxylic acids is 1. The van der Waals surface area contributed by atoms with E-state index in [4.69, 9.17) is 0 Å². The van der Waals surface area contributed by atoms with Gasteiger partial charge in [0.2, 0.25) is 0 Å². The number of carboxylic acid groups (broad SMARTS) is 1. The van der Waals surface area contributed by atoms with Crippen LogP contribution in [0.2, 0.25) is 0 Å². The zero-order chi connectivity index (χ0) is 13.2. The fourth-order valence-electron chi connectivity index (χ4n) is 2.71. The summed E-state index contributed by atoms with van der Waals surface area (Å²) in [4.78, 5) is 23.3. The molecule has 0 heterocycles. The molecular weight excluding hydrogens is 232 g/mol. The van der Waals surface area contributed by atoms with E-state index in [1.807, 2.05) is 6.92 Å². The number of carboxylic acids is 1. The molecule has 0 aromatic rings. The number of carbonyl (C=O) groups is 2. The van der Waals surface area contributed by atoms with Crippen LogP contribution in [-0.4, -0.2) is 29.2 Å². The third kappa shape index (κ3) is 2.76. The van der Waals surface area contributed by atoms with Crippen molar-refractivity contribution < 1.29 is 14.7 Å². The Morgan fingerprint density at radius 1 is 1.28 bits per heavy atom. The summed E-state index contributed by atoms with van der Waals surface area (Å²) in [6.07, 6.45) is 5.62. The van der Waals surface area contributed by atoms with Crippen molar-refractivity contribution in [3.05, 3.63) is 0 Å². The van der Waals surface area contributed by atoms with Gasteiger partial charge in [-0.3, -0.25) is 0 Å². The summed E-state index contributed by atoms with van der Waals surface area (Å²) in [6.45, 7) is 2.57. The van der Waals surface area contributed by atoms with Crippen LogP contribution in [0.15, 0.2) is 0 Å². The van der Waals surface area contributed by atoms with Crippen LogP contribution in [0, 0.1) is 11.8 Å². The molecule has 0 aromatic heterocycles. The molecule has 18 heavy (non-hydrogen) atoms. The Balaban J connectivity index is 1.95. The molecule has 2 atom stereocenters. The summed E-state index contributed by atoms with van der Waals surface area (Å²) in [5.41, 5.74) is -1.08. The van der Waals surface area contributed by atoms with Crippen molar-refractivity contribution in [3.8, 4) is 0 Å². The van der Waals surface area contributed by atoms with Gasteiger partial charge in [-0.2, -0.15) is 0 Å². The van der Waals surface area contributed by atoms with E-state index in [0.717, 1.165) is 19.3 Å². The molecule has 0 radical (unpaired) electrons. The standard InChI is InChI=1S/C13H22N2O3/c1-9-4-2-3-7-13(9,11(16)17)15-12(18)14-8-10-5-6-10/h9-10H,2-8H2,1H3,(H,16,17)(H2,14,15,18). The summed E-state index contributed by atoms with van der Waals surface area (Å²) in [5.74, 6) is -0.327. The Hall–Kier alpha value is -1.26. The molecule has 0 spiro atoms. The molecule has 5 nitrogen and oxygen atoms in total. The van der Waals surface area contributed by atoms with Crippen molar-refractivity contribution in [2.45, 2.75) is 51.0 Å². The van der Waals surface area contributed by atoms with Gasteiger partial charge in [0, 0.05) is 6.54 Å². The van der Waals surface area contributed by atoms with Crippen LogP contribution in [0.5, 0.6) is 0 Å². The highest BCUT2D eigenvalue weighted by molar-refractivity contribution is 5.86. The molecule has 5 heteroatoms. The van der Waals surface area contributed by atoms with Gasteiger partial charge in [0.15, 0.2) is 0 Å². The molecule has 3 N–H and O–H groups in total. The van der Waals surface area contributed by atoms with E-state index >= 15 is 0 Å². The van der Waals surface area contributed by atoms with Gasteiger partial charge in [-0.25, -0.2) is 9.59 Å². The number of hydrogen-bond donors (Lipinski definition) is 3. The molecule has 2 amide bonds. The third-order valence-electron chi connectivity index (χ3n) is 4.27. The van der Waals surface area contributed by atoms with Crippen molar-refractivity contribution in [2.75, 3.05) is 6.54 Å². The second-order valence-electron chi connectivity index (χ2n) is 5.70. The second-order valence-corrected chi connectivity index (χ2v) is 5.70. The Kier molecular flexibility index (Phi) is 3.78. The number of amides is 2. The van der Waals surface area contributed by atoms with Gasteiger partial charge >= 0.3 is 12.0 Å². The summed E-state index contributed by atoms with van der Waals surface area (Å²) < 4.78 is 0. The minimum Gasteiger partial charge on any atom is -0.479 e. The maximum Gasteiger partial charge on any atom is 0.329 e. The largest absolute Gasteiger partial charge is 0.479 e. The smallest absolute Gasteiger partial charge is 0.329 e. The quantitative estimate of drug-likeness (QED) is 0.715. The van der Waals surface area contributed by atoms with Crippen molar-refractivity contribution in [1.29, 1.82) is 0 Å². The Morgan fingerprint density at radius 3 is 2.56 bits per heavy atom. The highest BCUT2D eigenvalue weighted by Gasteiger charge is 2.46. The normalized spacial score (nSPS) is 31.7. The highest BCUT2D eigenvalue weighted by atomic mass is 16.4. The number of carbonyl (C=O) groups excluding carboxylic acids is 1. The van der Waals surface area contributed by atoms with Crippen molar-refractivity contribution in [2.24, 2.45) is 11.8 Å². The van der Waals surface area contributed by atoms with Crippen LogP contribution >= 0.6 is 0 Å².